The lowest BCUT2D eigenvalue weighted by atomic mass is 9.93. The van der Waals surface area contributed by atoms with Crippen molar-refractivity contribution in [1.29, 1.82) is 0 Å². The highest BCUT2D eigenvalue weighted by molar-refractivity contribution is 5.35. The molecule has 0 aliphatic rings. The van der Waals surface area contributed by atoms with Gasteiger partial charge >= 0.3 is 0 Å². The van der Waals surface area contributed by atoms with Crippen LogP contribution in [0.2, 0.25) is 0 Å². The highest BCUT2D eigenvalue weighted by Gasteiger charge is 2.13. The van der Waals surface area contributed by atoms with Gasteiger partial charge in [0, 0.05) is 17.8 Å². The second kappa shape index (κ2) is 7.79. The molecule has 120 valence electrons. The van der Waals surface area contributed by atoms with E-state index in [0.29, 0.717) is 5.92 Å². The molecule has 1 aromatic rings. The van der Waals surface area contributed by atoms with Gasteiger partial charge in [-0.05, 0) is 49.8 Å². The van der Waals surface area contributed by atoms with E-state index in [0.717, 1.165) is 37.7 Å². The van der Waals surface area contributed by atoms with Crippen molar-refractivity contribution in [2.45, 2.75) is 61.4 Å². The van der Waals surface area contributed by atoms with E-state index < -0.39 is 0 Å². The van der Waals surface area contributed by atoms with Crippen molar-refractivity contribution in [3.05, 3.63) is 22.9 Å². The van der Waals surface area contributed by atoms with Gasteiger partial charge in [-0.1, -0.05) is 34.6 Å². The van der Waals surface area contributed by atoms with Gasteiger partial charge in [0.15, 0.2) is 0 Å². The first-order valence-corrected chi connectivity index (χ1v) is 7.99. The molecule has 0 aromatic carbocycles. The minimum absolute atomic E-state index is 0.287. The Hall–Kier alpha value is -1.09. The zero-order valence-electron chi connectivity index (χ0n) is 14.8. The maximum atomic E-state index is 5.98. The van der Waals surface area contributed by atoms with E-state index in [1.165, 1.54) is 11.1 Å². The van der Waals surface area contributed by atoms with Crippen LogP contribution in [0.5, 0.6) is 5.88 Å². The highest BCUT2D eigenvalue weighted by Crippen LogP contribution is 2.23. The molecule has 1 rings (SSSR count). The Kier molecular flexibility index (Phi) is 6.66. The Labute approximate surface area is 130 Å². The van der Waals surface area contributed by atoms with Crippen LogP contribution in [0.3, 0.4) is 0 Å². The number of nitrogens with zero attached hydrogens (tertiary/aromatic N) is 1. The van der Waals surface area contributed by atoms with E-state index in [1.807, 2.05) is 6.92 Å². The topological polar surface area (TPSA) is 34.1 Å². The predicted molar refractivity (Wildman–Crippen MR) is 89.8 cm³/mol. The van der Waals surface area contributed by atoms with Crippen LogP contribution in [-0.4, -0.2) is 18.1 Å². The quantitative estimate of drug-likeness (QED) is 0.815. The average molecular weight is 292 g/mol. The fourth-order valence-corrected chi connectivity index (χ4v) is 2.10. The number of ether oxygens (including phenoxy) is 1. The molecule has 0 fully saturated rings. The van der Waals surface area contributed by atoms with Crippen molar-refractivity contribution >= 4 is 0 Å². The maximum absolute atomic E-state index is 5.98. The smallest absolute Gasteiger partial charge is 0.218 e. The summed E-state index contributed by atoms with van der Waals surface area (Å²) in [7, 11) is 0. The minimum Gasteiger partial charge on any atom is -0.477 e. The first kappa shape index (κ1) is 18.0. The van der Waals surface area contributed by atoms with E-state index in [2.05, 4.69) is 57.9 Å². The van der Waals surface area contributed by atoms with Crippen molar-refractivity contribution in [3.63, 3.8) is 0 Å². The van der Waals surface area contributed by atoms with Crippen molar-refractivity contribution in [2.24, 2.45) is 11.3 Å². The second-order valence-electron chi connectivity index (χ2n) is 7.55. The summed E-state index contributed by atoms with van der Waals surface area (Å²) in [4.78, 5) is 4.59. The summed E-state index contributed by atoms with van der Waals surface area (Å²) in [5.41, 5.74) is 3.75. The van der Waals surface area contributed by atoms with Gasteiger partial charge < -0.3 is 10.1 Å². The number of pyridine rings is 1. The molecule has 1 N–H and O–H groups in total. The molecule has 3 nitrogen and oxygen atoms in total. The van der Waals surface area contributed by atoms with Crippen LogP contribution in [0.25, 0.3) is 0 Å². The van der Waals surface area contributed by atoms with Crippen LogP contribution < -0.4 is 10.1 Å². The van der Waals surface area contributed by atoms with Crippen molar-refractivity contribution in [1.82, 2.24) is 10.3 Å². The largest absolute Gasteiger partial charge is 0.477 e. The van der Waals surface area contributed by atoms with Crippen LogP contribution in [0.1, 0.15) is 57.9 Å². The van der Waals surface area contributed by atoms with E-state index in [4.69, 9.17) is 4.74 Å². The Morgan fingerprint density at radius 3 is 2.48 bits per heavy atom. The first-order chi connectivity index (χ1) is 9.69. The fraction of sp³-hybridized carbons (Fsp3) is 0.722. The summed E-state index contributed by atoms with van der Waals surface area (Å²) in [6.45, 7) is 17.8. The Morgan fingerprint density at radius 1 is 1.24 bits per heavy atom. The molecule has 1 heterocycles. The molecule has 1 aromatic heterocycles. The molecule has 0 saturated heterocycles. The van der Waals surface area contributed by atoms with Crippen molar-refractivity contribution in [2.75, 3.05) is 13.2 Å². The van der Waals surface area contributed by atoms with Crippen molar-refractivity contribution < 1.29 is 4.74 Å². The van der Waals surface area contributed by atoms with E-state index >= 15 is 0 Å². The summed E-state index contributed by atoms with van der Waals surface area (Å²) in [6, 6.07) is 2.13. The molecule has 0 aliphatic heterocycles. The number of nitrogens with one attached hydrogen (secondary N) is 1. The van der Waals surface area contributed by atoms with Gasteiger partial charge in [0.1, 0.15) is 0 Å². The number of aromatic nitrogens is 1. The molecule has 3 heteroatoms. The third kappa shape index (κ3) is 6.94. The van der Waals surface area contributed by atoms with Gasteiger partial charge in [-0.3, -0.25) is 0 Å². The summed E-state index contributed by atoms with van der Waals surface area (Å²) in [5.74, 6) is 1.45. The Balaban J connectivity index is 2.75. The lowest BCUT2D eigenvalue weighted by molar-refractivity contribution is 0.233. The zero-order chi connectivity index (χ0) is 16.0. The number of rotatable bonds is 7. The molecular weight excluding hydrogens is 260 g/mol. The number of aryl methyl sites for hydroxylation is 2. The average Bonchev–Trinajstić information content (AvgIpc) is 2.30. The Bertz CT molecular complexity index is 447. The molecule has 0 saturated carbocycles. The van der Waals surface area contributed by atoms with Gasteiger partial charge in [-0.15, -0.1) is 0 Å². The minimum atomic E-state index is 0.287. The first-order valence-electron chi connectivity index (χ1n) is 7.99. The molecule has 0 radical (unpaired) electrons. The van der Waals surface area contributed by atoms with Gasteiger partial charge in [-0.2, -0.15) is 0 Å². The summed E-state index contributed by atoms with van der Waals surface area (Å²) in [5, 5.41) is 3.49. The molecular formula is C18H32N2O. The van der Waals surface area contributed by atoms with Gasteiger partial charge in [0.2, 0.25) is 5.88 Å². The third-order valence-corrected chi connectivity index (χ3v) is 3.38. The number of hydrogen-bond acceptors (Lipinski definition) is 3. The molecule has 0 spiro atoms. The normalized spacial score (nSPS) is 12.0. The highest BCUT2D eigenvalue weighted by atomic mass is 16.5. The summed E-state index contributed by atoms with van der Waals surface area (Å²) >= 11 is 0. The summed E-state index contributed by atoms with van der Waals surface area (Å²) < 4.78 is 5.98. The monoisotopic (exact) mass is 292 g/mol. The molecule has 0 atom stereocenters. The molecule has 0 bridgehead atoms. The fourth-order valence-electron chi connectivity index (χ4n) is 2.10. The van der Waals surface area contributed by atoms with Crippen LogP contribution in [0.4, 0.5) is 0 Å². The lowest BCUT2D eigenvalue weighted by Gasteiger charge is -2.20. The Morgan fingerprint density at radius 2 is 1.90 bits per heavy atom. The standard InChI is InChI=1S/C18H32N2O/c1-13(2)11-19-12-16-14(3)10-15(4)20-17(16)21-9-8-18(5,6)7/h10,13,19H,8-9,11-12H2,1-7H3. The van der Waals surface area contributed by atoms with Gasteiger partial charge in [0.25, 0.3) is 0 Å². The molecule has 21 heavy (non-hydrogen) atoms. The van der Waals surface area contributed by atoms with E-state index in [-0.39, 0.29) is 5.41 Å². The predicted octanol–water partition coefficient (Wildman–Crippen LogP) is 4.26. The SMILES string of the molecule is Cc1cc(C)c(CNCC(C)C)c(OCCC(C)(C)C)n1. The molecule has 0 aliphatic carbocycles. The summed E-state index contributed by atoms with van der Waals surface area (Å²) in [6.07, 6.45) is 1.03. The number of hydrogen-bond donors (Lipinski definition) is 1. The third-order valence-electron chi connectivity index (χ3n) is 3.38. The zero-order valence-corrected chi connectivity index (χ0v) is 14.8. The van der Waals surface area contributed by atoms with Crippen LogP contribution >= 0.6 is 0 Å². The van der Waals surface area contributed by atoms with Crippen LogP contribution in [-0.2, 0) is 6.54 Å². The van der Waals surface area contributed by atoms with E-state index in [9.17, 15) is 0 Å². The van der Waals surface area contributed by atoms with Crippen molar-refractivity contribution in [3.8, 4) is 5.88 Å². The second-order valence-corrected chi connectivity index (χ2v) is 7.55. The molecule has 0 amide bonds. The van der Waals surface area contributed by atoms with Crippen LogP contribution in [0.15, 0.2) is 6.07 Å². The maximum Gasteiger partial charge on any atom is 0.218 e. The van der Waals surface area contributed by atoms with Gasteiger partial charge in [0.05, 0.1) is 6.61 Å². The van der Waals surface area contributed by atoms with Gasteiger partial charge in [-0.25, -0.2) is 4.98 Å². The molecule has 0 unspecified atom stereocenters. The van der Waals surface area contributed by atoms with E-state index in [1.54, 1.807) is 0 Å². The van der Waals surface area contributed by atoms with Crippen LogP contribution in [0, 0.1) is 25.2 Å². The lowest BCUT2D eigenvalue weighted by Crippen LogP contribution is -2.21.